The molecule has 0 aliphatic carbocycles. The Labute approximate surface area is 184 Å². The third-order valence-electron chi connectivity index (χ3n) is 4.73. The maximum Gasteiger partial charge on any atom is 0.458 e. The molecule has 0 aliphatic rings. The van der Waals surface area contributed by atoms with Crippen molar-refractivity contribution in [3.8, 4) is 23.7 Å². The Morgan fingerprint density at radius 2 is 1.55 bits per heavy atom. The number of halogens is 5. The third-order valence-corrected chi connectivity index (χ3v) is 5.03. The predicted molar refractivity (Wildman–Crippen MR) is 118 cm³/mol. The average Bonchev–Trinajstić information content (AvgIpc) is 2.72. The lowest BCUT2D eigenvalue weighted by molar-refractivity contribution is -0.0696. The van der Waals surface area contributed by atoms with E-state index < -0.39 is 17.6 Å². The van der Waals surface area contributed by atoms with Crippen molar-refractivity contribution >= 4 is 22.4 Å². The van der Waals surface area contributed by atoms with Crippen molar-refractivity contribution in [1.82, 2.24) is 0 Å². The number of hydrogen-bond acceptors (Lipinski definition) is 0. The summed E-state index contributed by atoms with van der Waals surface area (Å²) in [7, 11) is 0. The second-order valence-electron chi connectivity index (χ2n) is 7.14. The SMILES string of the molecule is CCCCCc1ccc(C#Cc2ccc3c(F)c(C#CC(F)(F)F)c(Cl)cc3c2)cc1. The molecular weight excluding hydrogens is 424 g/mol. The van der Waals surface area contributed by atoms with E-state index in [2.05, 4.69) is 30.9 Å². The second-order valence-corrected chi connectivity index (χ2v) is 7.54. The summed E-state index contributed by atoms with van der Waals surface area (Å²) in [4.78, 5) is 0. The third kappa shape index (κ3) is 6.27. The quantitative estimate of drug-likeness (QED) is 0.221. The van der Waals surface area contributed by atoms with Gasteiger partial charge in [0.15, 0.2) is 0 Å². The maximum atomic E-state index is 14.6. The molecule has 0 nitrogen and oxygen atoms in total. The number of fused-ring (bicyclic) bond motifs is 1. The number of unbranched alkanes of at least 4 members (excludes halogenated alkanes) is 2. The van der Waals surface area contributed by atoms with Crippen LogP contribution in [0.4, 0.5) is 17.6 Å². The average molecular weight is 443 g/mol. The van der Waals surface area contributed by atoms with E-state index >= 15 is 0 Å². The van der Waals surface area contributed by atoms with Gasteiger partial charge in [-0.1, -0.05) is 67.3 Å². The van der Waals surface area contributed by atoms with Crippen LogP contribution in [0.5, 0.6) is 0 Å². The van der Waals surface area contributed by atoms with Gasteiger partial charge in [-0.15, -0.1) is 0 Å². The molecule has 31 heavy (non-hydrogen) atoms. The molecule has 0 atom stereocenters. The minimum Gasteiger partial charge on any atom is -0.205 e. The largest absolute Gasteiger partial charge is 0.458 e. The second kappa shape index (κ2) is 9.90. The number of alkyl halides is 3. The Balaban J connectivity index is 1.85. The number of benzene rings is 3. The van der Waals surface area contributed by atoms with Crippen molar-refractivity contribution in [2.75, 3.05) is 0 Å². The highest BCUT2D eigenvalue weighted by molar-refractivity contribution is 6.32. The Morgan fingerprint density at radius 3 is 2.23 bits per heavy atom. The lowest BCUT2D eigenvalue weighted by atomic mass is 10.0. The fourth-order valence-corrected chi connectivity index (χ4v) is 3.38. The van der Waals surface area contributed by atoms with Crippen LogP contribution < -0.4 is 0 Å². The summed E-state index contributed by atoms with van der Waals surface area (Å²) >= 11 is 5.98. The molecule has 0 saturated carbocycles. The Kier molecular flexibility index (Phi) is 7.26. The summed E-state index contributed by atoms with van der Waals surface area (Å²) in [6, 6.07) is 14.2. The van der Waals surface area contributed by atoms with Crippen LogP contribution in [0.3, 0.4) is 0 Å². The first-order chi connectivity index (χ1) is 14.8. The normalized spacial score (nSPS) is 10.9. The van der Waals surface area contributed by atoms with Crippen LogP contribution in [0, 0.1) is 29.5 Å². The van der Waals surface area contributed by atoms with Gasteiger partial charge < -0.3 is 0 Å². The smallest absolute Gasteiger partial charge is 0.205 e. The topological polar surface area (TPSA) is 0 Å². The first-order valence-electron chi connectivity index (χ1n) is 9.89. The molecule has 5 heteroatoms. The molecule has 0 aromatic heterocycles. The van der Waals surface area contributed by atoms with Crippen LogP contribution >= 0.6 is 11.6 Å². The molecule has 0 radical (unpaired) electrons. The van der Waals surface area contributed by atoms with E-state index in [4.69, 9.17) is 11.6 Å². The van der Waals surface area contributed by atoms with Gasteiger partial charge in [0, 0.05) is 22.4 Å². The molecule has 0 fully saturated rings. The molecule has 3 aromatic carbocycles. The summed E-state index contributed by atoms with van der Waals surface area (Å²) < 4.78 is 51.6. The number of rotatable bonds is 4. The predicted octanol–water partition coefficient (Wildman–Crippen LogP) is 7.68. The molecule has 158 valence electrons. The van der Waals surface area contributed by atoms with Crippen molar-refractivity contribution in [1.29, 1.82) is 0 Å². The Morgan fingerprint density at radius 1 is 0.871 bits per heavy atom. The van der Waals surface area contributed by atoms with Crippen molar-refractivity contribution < 1.29 is 17.6 Å². The monoisotopic (exact) mass is 442 g/mol. The number of aryl methyl sites for hydroxylation is 1. The summed E-state index contributed by atoms with van der Waals surface area (Å²) in [5.41, 5.74) is 2.31. The van der Waals surface area contributed by atoms with Gasteiger partial charge in [-0.05, 0) is 54.1 Å². The van der Waals surface area contributed by atoms with Crippen molar-refractivity contribution in [3.05, 3.63) is 81.6 Å². The lowest BCUT2D eigenvalue weighted by Gasteiger charge is -2.05. The highest BCUT2D eigenvalue weighted by Crippen LogP contribution is 2.29. The summed E-state index contributed by atoms with van der Waals surface area (Å²) in [5, 5.41) is 0.404. The summed E-state index contributed by atoms with van der Waals surface area (Å²) in [6.07, 6.45) is -0.107. The van der Waals surface area contributed by atoms with Gasteiger partial charge in [0.2, 0.25) is 0 Å². The molecule has 0 saturated heterocycles. The zero-order chi connectivity index (χ0) is 22.4. The Bertz CT molecular complexity index is 1200. The van der Waals surface area contributed by atoms with Crippen molar-refractivity contribution in [2.45, 2.75) is 38.8 Å². The van der Waals surface area contributed by atoms with Gasteiger partial charge in [-0.2, -0.15) is 13.2 Å². The van der Waals surface area contributed by atoms with E-state index in [0.717, 1.165) is 17.9 Å². The van der Waals surface area contributed by atoms with E-state index in [1.165, 1.54) is 37.0 Å². The van der Waals surface area contributed by atoms with E-state index in [0.29, 0.717) is 10.9 Å². The van der Waals surface area contributed by atoms with Crippen molar-refractivity contribution in [2.24, 2.45) is 0 Å². The van der Waals surface area contributed by atoms with E-state index in [1.807, 2.05) is 12.1 Å². The lowest BCUT2D eigenvalue weighted by Crippen LogP contribution is -2.02. The van der Waals surface area contributed by atoms with Gasteiger partial charge in [0.25, 0.3) is 0 Å². The van der Waals surface area contributed by atoms with Crippen LogP contribution in [0.2, 0.25) is 5.02 Å². The molecule has 3 rings (SSSR count). The maximum absolute atomic E-state index is 14.6. The van der Waals surface area contributed by atoms with Crippen LogP contribution in [0.25, 0.3) is 10.8 Å². The summed E-state index contributed by atoms with van der Waals surface area (Å²) in [6.45, 7) is 2.18. The van der Waals surface area contributed by atoms with E-state index in [-0.39, 0.29) is 10.4 Å². The zero-order valence-corrected chi connectivity index (χ0v) is 17.6. The fourth-order valence-electron chi connectivity index (χ4n) is 3.13. The first kappa shape index (κ1) is 22.7. The molecule has 0 N–H and O–H groups in total. The van der Waals surface area contributed by atoms with E-state index in [1.54, 1.807) is 18.1 Å². The fraction of sp³-hybridized carbons (Fsp3) is 0.231. The molecule has 0 spiro atoms. The molecule has 0 unspecified atom stereocenters. The van der Waals surface area contributed by atoms with Gasteiger partial charge in [-0.3, -0.25) is 0 Å². The Hall–Kier alpha value is -2.95. The van der Waals surface area contributed by atoms with Crippen molar-refractivity contribution in [3.63, 3.8) is 0 Å². The first-order valence-corrected chi connectivity index (χ1v) is 10.3. The van der Waals surface area contributed by atoms with Gasteiger partial charge in [0.1, 0.15) is 5.82 Å². The van der Waals surface area contributed by atoms with E-state index in [9.17, 15) is 17.6 Å². The number of hydrogen-bond donors (Lipinski definition) is 0. The van der Waals surface area contributed by atoms with Gasteiger partial charge >= 0.3 is 6.18 Å². The minimum atomic E-state index is -4.72. The molecule has 3 aromatic rings. The molecule has 0 amide bonds. The molecule has 0 heterocycles. The highest BCUT2D eigenvalue weighted by atomic mass is 35.5. The van der Waals surface area contributed by atoms with Gasteiger partial charge in [-0.25, -0.2) is 4.39 Å². The summed E-state index contributed by atoms with van der Waals surface area (Å²) in [5.74, 6) is 8.07. The zero-order valence-electron chi connectivity index (χ0n) is 16.8. The van der Waals surface area contributed by atoms with Gasteiger partial charge in [0.05, 0.1) is 10.6 Å². The molecule has 0 bridgehead atoms. The highest BCUT2D eigenvalue weighted by Gasteiger charge is 2.23. The van der Waals surface area contributed by atoms with Crippen LogP contribution in [0.1, 0.15) is 48.4 Å². The molecule has 0 aliphatic heterocycles. The molecular formula is C26H19ClF4. The van der Waals surface area contributed by atoms with Crippen LogP contribution in [-0.4, -0.2) is 6.18 Å². The van der Waals surface area contributed by atoms with Crippen LogP contribution in [0.15, 0.2) is 48.5 Å². The standard InChI is InChI=1S/C26H19ClF4/c1-2-3-4-5-18-6-8-19(9-7-18)10-11-20-12-13-22-21(16-20)17-24(27)23(25(22)28)14-15-26(29,30)31/h6-9,12-13,16-17H,2-5H2,1H3. The van der Waals surface area contributed by atoms with Crippen LogP contribution in [-0.2, 0) is 6.42 Å². The minimum absolute atomic E-state index is 0.137.